The van der Waals surface area contributed by atoms with Crippen LogP contribution in [0.25, 0.3) is 0 Å². The molecule has 0 aromatic heterocycles. The number of para-hydroxylation sites is 1. The summed E-state index contributed by atoms with van der Waals surface area (Å²) in [5.41, 5.74) is 2.60. The smallest absolute Gasteiger partial charge is 0.317 e. The minimum Gasteiger partial charge on any atom is -0.368 e. The van der Waals surface area contributed by atoms with Crippen molar-refractivity contribution in [3.8, 4) is 0 Å². The molecular formula is C20H33N3O. The number of aryl methyl sites for hydroxylation is 1. The zero-order valence-corrected chi connectivity index (χ0v) is 15.6. The Kier molecular flexibility index (Phi) is 7.41. The molecule has 4 nitrogen and oxygen atoms in total. The Morgan fingerprint density at radius 3 is 2.50 bits per heavy atom. The Bertz CT molecular complexity index is 509. The number of nitrogens with one attached hydrogen (secondary N) is 1. The van der Waals surface area contributed by atoms with Gasteiger partial charge in [-0.25, -0.2) is 4.79 Å². The van der Waals surface area contributed by atoms with Gasteiger partial charge in [0.25, 0.3) is 0 Å². The normalized spacial score (nSPS) is 16.1. The topological polar surface area (TPSA) is 35.6 Å². The fourth-order valence-corrected chi connectivity index (χ4v) is 3.36. The summed E-state index contributed by atoms with van der Waals surface area (Å²) in [7, 11) is 0. The van der Waals surface area contributed by atoms with E-state index in [2.05, 4.69) is 55.3 Å². The summed E-state index contributed by atoms with van der Waals surface area (Å²) in [6, 6.07) is 8.59. The first-order valence-corrected chi connectivity index (χ1v) is 9.49. The Hall–Kier alpha value is -1.71. The van der Waals surface area contributed by atoms with Crippen LogP contribution in [0.1, 0.15) is 45.1 Å². The molecule has 4 heteroatoms. The third-order valence-corrected chi connectivity index (χ3v) is 5.11. The summed E-state index contributed by atoms with van der Waals surface area (Å²) in [4.78, 5) is 16.7. The van der Waals surface area contributed by atoms with Gasteiger partial charge in [-0.1, -0.05) is 51.3 Å². The number of hydrogen-bond donors (Lipinski definition) is 1. The number of urea groups is 1. The highest BCUT2D eigenvalue weighted by Crippen LogP contribution is 2.20. The number of rotatable bonds is 7. The average molecular weight is 332 g/mol. The number of nitrogens with zero attached hydrogens (tertiary/aromatic N) is 2. The van der Waals surface area contributed by atoms with Crippen LogP contribution >= 0.6 is 0 Å². The molecule has 1 aliphatic rings. The van der Waals surface area contributed by atoms with Crippen molar-refractivity contribution in [1.82, 2.24) is 10.2 Å². The summed E-state index contributed by atoms with van der Waals surface area (Å²) in [6.45, 7) is 10.8. The van der Waals surface area contributed by atoms with Crippen LogP contribution in [0, 0.1) is 12.8 Å². The quantitative estimate of drug-likeness (QED) is 0.818. The number of unbranched alkanes of at least 4 members (excludes halogenated alkanes) is 1. The highest BCUT2D eigenvalue weighted by molar-refractivity contribution is 5.74. The molecular weight excluding hydrogens is 298 g/mol. The van der Waals surface area contributed by atoms with E-state index in [4.69, 9.17) is 0 Å². The predicted molar refractivity (Wildman–Crippen MR) is 102 cm³/mol. The highest BCUT2D eigenvalue weighted by Gasteiger charge is 2.22. The molecule has 0 radical (unpaired) electrons. The van der Waals surface area contributed by atoms with Crippen molar-refractivity contribution in [3.05, 3.63) is 29.8 Å². The molecule has 134 valence electrons. The summed E-state index contributed by atoms with van der Waals surface area (Å²) >= 11 is 0. The molecule has 2 rings (SSSR count). The van der Waals surface area contributed by atoms with E-state index in [0.717, 1.165) is 39.1 Å². The number of anilines is 1. The Balaban J connectivity index is 1.77. The number of benzene rings is 1. The molecule has 0 aliphatic carbocycles. The third kappa shape index (κ3) is 5.15. The van der Waals surface area contributed by atoms with E-state index < -0.39 is 0 Å². The first kappa shape index (κ1) is 18.6. The Morgan fingerprint density at radius 1 is 1.17 bits per heavy atom. The fraction of sp³-hybridized carbons (Fsp3) is 0.650. The van der Waals surface area contributed by atoms with Gasteiger partial charge in [-0.2, -0.15) is 0 Å². The fourth-order valence-electron chi connectivity index (χ4n) is 3.36. The second-order valence-electron chi connectivity index (χ2n) is 6.86. The minimum atomic E-state index is 0.106. The Morgan fingerprint density at radius 2 is 1.88 bits per heavy atom. The van der Waals surface area contributed by atoms with E-state index in [1.165, 1.54) is 30.5 Å². The van der Waals surface area contributed by atoms with E-state index in [-0.39, 0.29) is 6.03 Å². The summed E-state index contributed by atoms with van der Waals surface area (Å²) in [5, 5.41) is 3.15. The van der Waals surface area contributed by atoms with Gasteiger partial charge >= 0.3 is 6.03 Å². The minimum absolute atomic E-state index is 0.106. The van der Waals surface area contributed by atoms with Crippen LogP contribution in [0.3, 0.4) is 0 Å². The lowest BCUT2D eigenvalue weighted by molar-refractivity contribution is 0.192. The molecule has 1 saturated heterocycles. The number of piperazine rings is 1. The van der Waals surface area contributed by atoms with E-state index in [1.807, 2.05) is 4.90 Å². The zero-order valence-electron chi connectivity index (χ0n) is 15.6. The van der Waals surface area contributed by atoms with Crippen molar-refractivity contribution >= 4 is 11.7 Å². The van der Waals surface area contributed by atoms with Crippen LogP contribution in [-0.4, -0.2) is 43.7 Å². The van der Waals surface area contributed by atoms with Gasteiger partial charge in [-0.3, -0.25) is 0 Å². The summed E-state index contributed by atoms with van der Waals surface area (Å²) in [5.74, 6) is 0.613. The standard InChI is InChI=1S/C20H33N3O/c1-4-6-10-18(5-2)16-21-20(24)23-14-12-22(13-15-23)19-11-8-7-9-17(19)3/h7-9,11,18H,4-6,10,12-16H2,1-3H3,(H,21,24)/t18-/m1/s1. The van der Waals surface area contributed by atoms with Crippen molar-refractivity contribution in [1.29, 1.82) is 0 Å². The molecule has 1 heterocycles. The molecule has 1 aromatic carbocycles. The monoisotopic (exact) mass is 331 g/mol. The zero-order chi connectivity index (χ0) is 17.4. The van der Waals surface area contributed by atoms with E-state index in [1.54, 1.807) is 0 Å². The molecule has 0 saturated carbocycles. The second kappa shape index (κ2) is 9.55. The number of carbonyl (C=O) groups is 1. The van der Waals surface area contributed by atoms with Gasteiger partial charge in [0, 0.05) is 38.4 Å². The van der Waals surface area contributed by atoms with Gasteiger partial charge < -0.3 is 15.1 Å². The van der Waals surface area contributed by atoms with E-state index >= 15 is 0 Å². The van der Waals surface area contributed by atoms with Crippen LogP contribution in [0.5, 0.6) is 0 Å². The first-order valence-electron chi connectivity index (χ1n) is 9.49. The van der Waals surface area contributed by atoms with Crippen LogP contribution in [0.2, 0.25) is 0 Å². The highest BCUT2D eigenvalue weighted by atomic mass is 16.2. The van der Waals surface area contributed by atoms with E-state index in [0.29, 0.717) is 5.92 Å². The van der Waals surface area contributed by atoms with Crippen LogP contribution in [0.4, 0.5) is 10.5 Å². The van der Waals surface area contributed by atoms with Gasteiger partial charge in [0.05, 0.1) is 0 Å². The van der Waals surface area contributed by atoms with Gasteiger partial charge in [-0.15, -0.1) is 0 Å². The van der Waals surface area contributed by atoms with E-state index in [9.17, 15) is 4.79 Å². The van der Waals surface area contributed by atoms with Crippen molar-refractivity contribution < 1.29 is 4.79 Å². The lowest BCUT2D eigenvalue weighted by Gasteiger charge is -2.37. The third-order valence-electron chi connectivity index (χ3n) is 5.11. The molecule has 24 heavy (non-hydrogen) atoms. The molecule has 1 aliphatic heterocycles. The van der Waals surface area contributed by atoms with Gasteiger partial charge in [0.15, 0.2) is 0 Å². The average Bonchev–Trinajstić information content (AvgIpc) is 2.62. The molecule has 1 aromatic rings. The molecule has 0 bridgehead atoms. The van der Waals surface area contributed by atoms with Crippen molar-refractivity contribution in [3.63, 3.8) is 0 Å². The van der Waals surface area contributed by atoms with Crippen molar-refractivity contribution in [2.45, 2.75) is 46.5 Å². The molecule has 0 spiro atoms. The van der Waals surface area contributed by atoms with Crippen molar-refractivity contribution in [2.75, 3.05) is 37.6 Å². The first-order chi connectivity index (χ1) is 11.7. The maximum atomic E-state index is 12.4. The maximum absolute atomic E-state index is 12.4. The van der Waals surface area contributed by atoms with Gasteiger partial charge in [0.1, 0.15) is 0 Å². The number of carbonyl (C=O) groups excluding carboxylic acids is 1. The van der Waals surface area contributed by atoms with Crippen molar-refractivity contribution in [2.24, 2.45) is 5.92 Å². The lowest BCUT2D eigenvalue weighted by Crippen LogP contribution is -2.52. The van der Waals surface area contributed by atoms with Gasteiger partial charge in [-0.05, 0) is 30.9 Å². The number of hydrogen-bond acceptors (Lipinski definition) is 2. The largest absolute Gasteiger partial charge is 0.368 e. The van der Waals surface area contributed by atoms with Crippen LogP contribution in [-0.2, 0) is 0 Å². The summed E-state index contributed by atoms with van der Waals surface area (Å²) in [6.07, 6.45) is 4.84. The van der Waals surface area contributed by atoms with Crippen LogP contribution in [0.15, 0.2) is 24.3 Å². The molecule has 2 amide bonds. The predicted octanol–water partition coefficient (Wildman–Crippen LogP) is 4.04. The molecule has 1 N–H and O–H groups in total. The molecule has 1 fully saturated rings. The van der Waals surface area contributed by atoms with Crippen LogP contribution < -0.4 is 10.2 Å². The Labute approximate surface area is 147 Å². The molecule has 1 atom stereocenters. The van der Waals surface area contributed by atoms with Gasteiger partial charge in [0.2, 0.25) is 0 Å². The SMILES string of the molecule is CCCC[C@@H](CC)CNC(=O)N1CCN(c2ccccc2C)CC1. The second-order valence-corrected chi connectivity index (χ2v) is 6.86. The number of amides is 2. The summed E-state index contributed by atoms with van der Waals surface area (Å²) < 4.78 is 0. The maximum Gasteiger partial charge on any atom is 0.317 e. The molecule has 0 unspecified atom stereocenters. The lowest BCUT2D eigenvalue weighted by atomic mass is 9.99.